The minimum absolute atomic E-state index is 0.138. The van der Waals surface area contributed by atoms with Gasteiger partial charge in [-0.2, -0.15) is 0 Å². The average molecular weight is 286 g/mol. The highest BCUT2D eigenvalue weighted by Gasteiger charge is 2.27. The molecular weight excluding hydrogens is 270 g/mol. The van der Waals surface area contributed by atoms with Gasteiger partial charge in [-0.3, -0.25) is 4.79 Å². The number of hydrogen-bond acceptors (Lipinski definition) is 3. The number of carbonyl (C=O) groups is 1. The molecule has 0 spiro atoms. The Bertz CT molecular complexity index is 410. The zero-order valence-corrected chi connectivity index (χ0v) is 11.8. The zero-order chi connectivity index (χ0) is 13.0. The van der Waals surface area contributed by atoms with Crippen LogP contribution in [-0.4, -0.2) is 36.4 Å². The molecule has 1 saturated heterocycles. The van der Waals surface area contributed by atoms with Crippen molar-refractivity contribution in [2.75, 3.05) is 19.4 Å². The molecule has 2 rings (SSSR count). The van der Waals surface area contributed by atoms with Crippen LogP contribution in [0.4, 0.5) is 0 Å². The third-order valence-electron chi connectivity index (χ3n) is 2.94. The topological polar surface area (TPSA) is 29.5 Å². The van der Waals surface area contributed by atoms with Gasteiger partial charge in [-0.05, 0) is 30.7 Å². The summed E-state index contributed by atoms with van der Waals surface area (Å²) < 4.78 is 5.41. The van der Waals surface area contributed by atoms with Gasteiger partial charge in [0.2, 0.25) is 5.91 Å². The number of ether oxygens (including phenoxy) is 1. The van der Waals surface area contributed by atoms with Crippen molar-refractivity contribution in [1.29, 1.82) is 0 Å². The summed E-state index contributed by atoms with van der Waals surface area (Å²) in [5.41, 5.74) is 0. The molecule has 1 heterocycles. The van der Waals surface area contributed by atoms with E-state index >= 15 is 0 Å². The molecule has 1 aromatic rings. The predicted octanol–water partition coefficient (Wildman–Crippen LogP) is 3.03. The van der Waals surface area contributed by atoms with Crippen molar-refractivity contribution >= 4 is 29.3 Å². The van der Waals surface area contributed by atoms with Crippen LogP contribution in [0.3, 0.4) is 0 Å². The van der Waals surface area contributed by atoms with Crippen molar-refractivity contribution in [3.8, 4) is 0 Å². The van der Waals surface area contributed by atoms with Gasteiger partial charge in [-0.15, -0.1) is 11.8 Å². The number of thioether (sulfide) groups is 1. The first kappa shape index (κ1) is 13.7. The summed E-state index contributed by atoms with van der Waals surface area (Å²) in [5, 5.41) is 0.734. The van der Waals surface area contributed by atoms with Crippen LogP contribution in [0.5, 0.6) is 0 Å². The van der Waals surface area contributed by atoms with E-state index in [0.717, 1.165) is 28.6 Å². The smallest absolute Gasteiger partial charge is 0.224 e. The number of carbonyl (C=O) groups excluding carboxylic acids is 1. The molecule has 0 bridgehead atoms. The molecule has 1 fully saturated rings. The van der Waals surface area contributed by atoms with Crippen LogP contribution < -0.4 is 0 Å². The van der Waals surface area contributed by atoms with Crippen molar-refractivity contribution < 1.29 is 9.53 Å². The first-order chi connectivity index (χ1) is 8.70. The number of methoxy groups -OCH3 is 1. The van der Waals surface area contributed by atoms with Gasteiger partial charge in [0.15, 0.2) is 0 Å². The van der Waals surface area contributed by atoms with Crippen molar-refractivity contribution in [2.24, 2.45) is 0 Å². The molecule has 1 amide bonds. The van der Waals surface area contributed by atoms with Gasteiger partial charge in [0.25, 0.3) is 0 Å². The molecule has 1 aliphatic heterocycles. The van der Waals surface area contributed by atoms with Crippen LogP contribution in [0.15, 0.2) is 29.2 Å². The molecule has 0 N–H and O–H groups in total. The van der Waals surface area contributed by atoms with Crippen LogP contribution in [0.2, 0.25) is 5.02 Å². The number of likely N-dealkylation sites (tertiary alicyclic amines) is 1. The zero-order valence-electron chi connectivity index (χ0n) is 10.3. The minimum atomic E-state index is -0.138. The first-order valence-corrected chi connectivity index (χ1v) is 7.27. The summed E-state index contributed by atoms with van der Waals surface area (Å²) in [5.74, 6) is 0.933. The van der Waals surface area contributed by atoms with Crippen LogP contribution in [0.25, 0.3) is 0 Å². The maximum absolute atomic E-state index is 11.6. The number of amides is 1. The molecule has 18 heavy (non-hydrogen) atoms. The van der Waals surface area contributed by atoms with E-state index in [1.54, 1.807) is 18.9 Å². The van der Waals surface area contributed by atoms with Crippen LogP contribution >= 0.6 is 23.4 Å². The summed E-state index contributed by atoms with van der Waals surface area (Å²) in [6.07, 6.45) is 1.44. The van der Waals surface area contributed by atoms with Crippen LogP contribution in [-0.2, 0) is 9.53 Å². The molecule has 0 aromatic heterocycles. The Morgan fingerprint density at radius 1 is 1.44 bits per heavy atom. The SMILES string of the molecule is COC(CSc1ccc(Cl)cc1)N1CCCC1=O. The fourth-order valence-corrected chi connectivity index (χ4v) is 3.06. The van der Waals surface area contributed by atoms with Gasteiger partial charge in [-0.1, -0.05) is 11.6 Å². The molecule has 0 aliphatic carbocycles. The van der Waals surface area contributed by atoms with E-state index in [1.807, 2.05) is 29.2 Å². The maximum Gasteiger partial charge on any atom is 0.224 e. The Morgan fingerprint density at radius 2 is 2.17 bits per heavy atom. The fraction of sp³-hybridized carbons (Fsp3) is 0.462. The minimum Gasteiger partial charge on any atom is -0.361 e. The monoisotopic (exact) mass is 285 g/mol. The number of benzene rings is 1. The second kappa shape index (κ2) is 6.45. The van der Waals surface area contributed by atoms with E-state index < -0.39 is 0 Å². The Hall–Kier alpha value is -0.710. The quantitative estimate of drug-likeness (QED) is 0.779. The van der Waals surface area contributed by atoms with Crippen LogP contribution in [0.1, 0.15) is 12.8 Å². The maximum atomic E-state index is 11.6. The second-order valence-corrected chi connectivity index (χ2v) is 5.68. The highest BCUT2D eigenvalue weighted by atomic mass is 35.5. The van der Waals surface area contributed by atoms with E-state index in [-0.39, 0.29) is 12.1 Å². The van der Waals surface area contributed by atoms with E-state index in [4.69, 9.17) is 16.3 Å². The third-order valence-corrected chi connectivity index (χ3v) is 4.25. The fourth-order valence-electron chi connectivity index (χ4n) is 1.96. The summed E-state index contributed by atoms with van der Waals surface area (Å²) in [7, 11) is 1.65. The molecule has 0 saturated carbocycles. The standard InChI is InChI=1S/C13H16ClNO2S/c1-17-13(15-8-2-3-12(15)16)9-18-11-6-4-10(14)5-7-11/h4-7,13H,2-3,8-9H2,1H3. The molecule has 1 atom stereocenters. The predicted molar refractivity (Wildman–Crippen MR) is 73.9 cm³/mol. The Morgan fingerprint density at radius 3 is 2.72 bits per heavy atom. The van der Waals surface area contributed by atoms with Gasteiger partial charge in [-0.25, -0.2) is 0 Å². The van der Waals surface area contributed by atoms with Gasteiger partial charge >= 0.3 is 0 Å². The lowest BCUT2D eigenvalue weighted by atomic mass is 10.4. The molecule has 5 heteroatoms. The summed E-state index contributed by atoms with van der Waals surface area (Å²) >= 11 is 7.51. The van der Waals surface area contributed by atoms with Crippen molar-refractivity contribution in [3.63, 3.8) is 0 Å². The number of rotatable bonds is 5. The van der Waals surface area contributed by atoms with Gasteiger partial charge < -0.3 is 9.64 Å². The van der Waals surface area contributed by atoms with Crippen molar-refractivity contribution in [2.45, 2.75) is 24.0 Å². The Labute approximate surface area is 116 Å². The lowest BCUT2D eigenvalue weighted by Crippen LogP contribution is -2.39. The molecule has 1 aliphatic rings. The van der Waals surface area contributed by atoms with E-state index in [9.17, 15) is 4.79 Å². The van der Waals surface area contributed by atoms with Gasteiger partial charge in [0.05, 0.1) is 0 Å². The molecular formula is C13H16ClNO2S. The van der Waals surface area contributed by atoms with Gasteiger partial charge in [0, 0.05) is 35.7 Å². The molecule has 1 unspecified atom stereocenters. The van der Waals surface area contributed by atoms with E-state index in [2.05, 4.69) is 0 Å². The first-order valence-electron chi connectivity index (χ1n) is 5.91. The lowest BCUT2D eigenvalue weighted by molar-refractivity contribution is -0.136. The normalized spacial score (nSPS) is 17.2. The largest absolute Gasteiger partial charge is 0.361 e. The molecule has 1 aromatic carbocycles. The summed E-state index contributed by atoms with van der Waals surface area (Å²) in [6.45, 7) is 0.804. The molecule has 3 nitrogen and oxygen atoms in total. The average Bonchev–Trinajstić information content (AvgIpc) is 2.79. The molecule has 0 radical (unpaired) electrons. The summed E-state index contributed by atoms with van der Waals surface area (Å²) in [4.78, 5) is 14.6. The van der Waals surface area contributed by atoms with E-state index in [0.29, 0.717) is 6.42 Å². The highest BCUT2D eigenvalue weighted by Crippen LogP contribution is 2.24. The number of hydrogen-bond donors (Lipinski definition) is 0. The molecule has 98 valence electrons. The van der Waals surface area contributed by atoms with Crippen LogP contribution in [0, 0.1) is 0 Å². The second-order valence-electron chi connectivity index (χ2n) is 4.15. The Balaban J connectivity index is 1.90. The van der Waals surface area contributed by atoms with Gasteiger partial charge in [0.1, 0.15) is 6.23 Å². The van der Waals surface area contributed by atoms with Crippen molar-refractivity contribution in [3.05, 3.63) is 29.3 Å². The van der Waals surface area contributed by atoms with Crippen molar-refractivity contribution in [1.82, 2.24) is 4.90 Å². The highest BCUT2D eigenvalue weighted by molar-refractivity contribution is 7.99. The third kappa shape index (κ3) is 3.40. The lowest BCUT2D eigenvalue weighted by Gasteiger charge is -2.26. The van der Waals surface area contributed by atoms with E-state index in [1.165, 1.54) is 0 Å². The number of halogens is 1. The summed E-state index contributed by atoms with van der Waals surface area (Å²) in [6, 6.07) is 7.69. The Kier molecular flexibility index (Phi) is 4.92. The number of nitrogens with zero attached hydrogens (tertiary/aromatic N) is 1.